The summed E-state index contributed by atoms with van der Waals surface area (Å²) in [4.78, 5) is 20.0. The minimum absolute atomic E-state index is 0.0885. The lowest BCUT2D eigenvalue weighted by atomic mass is 9.62. The van der Waals surface area contributed by atoms with Crippen molar-refractivity contribution in [2.24, 2.45) is 35.5 Å². The second-order valence-corrected chi connectivity index (χ2v) is 23.4. The average molecular weight is 903 g/mol. The van der Waals surface area contributed by atoms with Crippen LogP contribution in [0.3, 0.4) is 0 Å². The molecule has 0 saturated heterocycles. The summed E-state index contributed by atoms with van der Waals surface area (Å²) in [5, 5.41) is 2.28. The first-order chi connectivity index (χ1) is 33.9. The van der Waals surface area contributed by atoms with Crippen LogP contribution in [0.5, 0.6) is 0 Å². The number of aromatic nitrogens is 3. The van der Waals surface area contributed by atoms with Crippen LogP contribution in [0.25, 0.3) is 33.3 Å². The van der Waals surface area contributed by atoms with E-state index < -0.39 is 5.41 Å². The minimum Gasteiger partial charge on any atom is -0.456 e. The highest BCUT2D eigenvalue weighted by molar-refractivity contribution is 6.07. The van der Waals surface area contributed by atoms with Gasteiger partial charge in [-0.1, -0.05) is 142 Å². The van der Waals surface area contributed by atoms with Gasteiger partial charge in [0.25, 0.3) is 0 Å². The predicted octanol–water partition coefficient (Wildman–Crippen LogP) is 15.9. The van der Waals surface area contributed by atoms with Crippen LogP contribution in [0, 0.1) is 49.4 Å². The zero-order chi connectivity index (χ0) is 45.6. The fourth-order valence-electron chi connectivity index (χ4n) is 17.3. The molecular weight excluding hydrogens is 841 g/mol. The number of hydrogen-bond donors (Lipinski definition) is 0. The molecule has 6 aliphatic carbocycles. The molecular formula is C64H62N4O. The molecule has 6 saturated carbocycles. The Morgan fingerprint density at radius 2 is 1.04 bits per heavy atom. The number of furan rings is 1. The maximum Gasteiger partial charge on any atom is 0.163 e. The second kappa shape index (κ2) is 15.0. The summed E-state index contributed by atoms with van der Waals surface area (Å²) in [7, 11) is 0. The Morgan fingerprint density at radius 3 is 1.68 bits per heavy atom. The van der Waals surface area contributed by atoms with E-state index in [1.807, 2.05) is 0 Å². The number of benzene rings is 6. The zero-order valence-corrected chi connectivity index (χ0v) is 40.3. The molecule has 344 valence electrons. The second-order valence-electron chi connectivity index (χ2n) is 23.4. The summed E-state index contributed by atoms with van der Waals surface area (Å²) in [5.74, 6) is 8.21. The summed E-state index contributed by atoms with van der Waals surface area (Å²) in [6.07, 6.45) is 18.9. The smallest absolute Gasteiger partial charge is 0.163 e. The van der Waals surface area contributed by atoms with Crippen LogP contribution in [0.15, 0.2) is 138 Å². The van der Waals surface area contributed by atoms with Crippen molar-refractivity contribution in [2.45, 2.75) is 120 Å². The third-order valence-corrected chi connectivity index (χ3v) is 19.6. The molecule has 8 unspecified atom stereocenters. The number of fused-ring (bicyclic) bond motifs is 9. The van der Waals surface area contributed by atoms with Gasteiger partial charge >= 0.3 is 0 Å². The molecule has 3 heterocycles. The van der Waals surface area contributed by atoms with Crippen LogP contribution in [0.2, 0.25) is 0 Å². The van der Waals surface area contributed by atoms with Crippen LogP contribution in [-0.4, -0.2) is 15.0 Å². The van der Waals surface area contributed by atoms with E-state index in [1.54, 1.807) is 0 Å². The highest BCUT2D eigenvalue weighted by atomic mass is 16.3. The molecule has 8 aromatic rings. The van der Waals surface area contributed by atoms with Gasteiger partial charge in [0.15, 0.2) is 5.82 Å². The van der Waals surface area contributed by atoms with Gasteiger partial charge in [-0.25, -0.2) is 15.0 Å². The van der Waals surface area contributed by atoms with Crippen LogP contribution < -0.4 is 4.90 Å². The summed E-state index contributed by atoms with van der Waals surface area (Å²) in [6.45, 7) is 4.63. The van der Waals surface area contributed by atoms with Gasteiger partial charge in [0, 0.05) is 38.4 Å². The highest BCUT2D eigenvalue weighted by Crippen LogP contribution is 2.64. The van der Waals surface area contributed by atoms with Gasteiger partial charge < -0.3 is 9.32 Å². The normalized spacial score (nSPS) is 29.3. The molecule has 1 aliphatic heterocycles. The van der Waals surface area contributed by atoms with E-state index in [1.165, 1.54) is 135 Å². The fourth-order valence-corrected chi connectivity index (χ4v) is 17.3. The molecule has 0 amide bonds. The lowest BCUT2D eigenvalue weighted by Crippen LogP contribution is -2.38. The van der Waals surface area contributed by atoms with Crippen molar-refractivity contribution >= 4 is 39.0 Å². The largest absolute Gasteiger partial charge is 0.456 e. The predicted molar refractivity (Wildman–Crippen MR) is 277 cm³/mol. The number of hydrogen-bond acceptors (Lipinski definition) is 5. The molecule has 69 heavy (non-hydrogen) atoms. The first kappa shape index (κ1) is 40.8. The SMILES string of the molecule is Cc1cc(N2c3ccccc3C(c3ccccc3)(c3cccc4c3oc3ccccc34)c3ccccc32)cc(C)c1-c1nc(C23CC4CCCC(C2)C(C4)C3)nc(C23CC4CCCC(C2)C(C4)C3)n1. The van der Waals surface area contributed by atoms with Crippen molar-refractivity contribution in [1.82, 2.24) is 15.0 Å². The van der Waals surface area contributed by atoms with Gasteiger partial charge in [-0.05, 0) is 159 Å². The fraction of sp³-hybridized carbons (Fsp3) is 0.391. The maximum atomic E-state index is 6.95. The van der Waals surface area contributed by atoms with E-state index >= 15 is 0 Å². The van der Waals surface area contributed by atoms with Gasteiger partial charge in [-0.3, -0.25) is 0 Å². The van der Waals surface area contributed by atoms with Crippen molar-refractivity contribution in [3.05, 3.63) is 178 Å². The van der Waals surface area contributed by atoms with Crippen LogP contribution in [0.4, 0.5) is 17.1 Å². The quantitative estimate of drug-likeness (QED) is 0.166. The van der Waals surface area contributed by atoms with E-state index in [4.69, 9.17) is 19.4 Å². The summed E-state index contributed by atoms with van der Waals surface area (Å²) >= 11 is 0. The molecule has 6 bridgehead atoms. The molecule has 8 atom stereocenters. The van der Waals surface area contributed by atoms with Crippen molar-refractivity contribution in [3.63, 3.8) is 0 Å². The van der Waals surface area contributed by atoms with Gasteiger partial charge in [-0.15, -0.1) is 0 Å². The average Bonchev–Trinajstić information content (AvgIpc) is 3.90. The Balaban J connectivity index is 0.910. The molecule has 15 rings (SSSR count). The van der Waals surface area contributed by atoms with E-state index in [0.29, 0.717) is 0 Å². The van der Waals surface area contributed by atoms with E-state index in [2.05, 4.69) is 152 Å². The first-order valence-electron chi connectivity index (χ1n) is 26.7. The third-order valence-electron chi connectivity index (χ3n) is 19.6. The molecule has 7 aliphatic rings. The highest BCUT2D eigenvalue weighted by Gasteiger charge is 2.57. The summed E-state index contributed by atoms with van der Waals surface area (Å²) < 4.78 is 6.95. The Hall–Kier alpha value is -6.07. The molecule has 0 radical (unpaired) electrons. The van der Waals surface area contributed by atoms with E-state index in [9.17, 15) is 0 Å². The first-order valence-corrected chi connectivity index (χ1v) is 26.7. The third kappa shape index (κ3) is 5.85. The zero-order valence-electron chi connectivity index (χ0n) is 40.3. The number of nitrogens with zero attached hydrogens (tertiary/aromatic N) is 4. The van der Waals surface area contributed by atoms with Crippen LogP contribution in [-0.2, 0) is 16.2 Å². The van der Waals surface area contributed by atoms with E-state index in [0.717, 1.165) is 86.2 Å². The van der Waals surface area contributed by atoms with Crippen LogP contribution >= 0.6 is 0 Å². The molecule has 5 heteroatoms. The molecule has 2 aromatic heterocycles. The lowest BCUT2D eigenvalue weighted by Gasteiger charge is -2.46. The minimum atomic E-state index is -0.674. The molecule has 0 spiro atoms. The lowest BCUT2D eigenvalue weighted by molar-refractivity contribution is 0.198. The van der Waals surface area contributed by atoms with Gasteiger partial charge in [0.1, 0.15) is 22.8 Å². The Kier molecular flexibility index (Phi) is 8.85. The molecule has 6 fully saturated rings. The Bertz CT molecular complexity index is 3230. The van der Waals surface area contributed by atoms with Crippen LogP contribution in [0.1, 0.15) is 135 Å². The van der Waals surface area contributed by atoms with Crippen molar-refractivity contribution < 1.29 is 4.42 Å². The maximum absolute atomic E-state index is 6.95. The number of anilines is 3. The van der Waals surface area contributed by atoms with Crippen molar-refractivity contribution in [2.75, 3.05) is 4.90 Å². The number of rotatable bonds is 6. The van der Waals surface area contributed by atoms with Crippen molar-refractivity contribution in [1.29, 1.82) is 0 Å². The Morgan fingerprint density at radius 1 is 0.507 bits per heavy atom. The number of aryl methyl sites for hydroxylation is 2. The Labute approximate surface area is 406 Å². The monoisotopic (exact) mass is 902 g/mol. The molecule has 6 aromatic carbocycles. The summed E-state index contributed by atoms with van der Waals surface area (Å²) in [5.41, 5.74) is 13.3. The topological polar surface area (TPSA) is 55.1 Å². The molecule has 5 nitrogen and oxygen atoms in total. The summed E-state index contributed by atoms with van der Waals surface area (Å²) in [6, 6.07) is 49.4. The van der Waals surface area contributed by atoms with Gasteiger partial charge in [0.05, 0.1) is 16.8 Å². The van der Waals surface area contributed by atoms with E-state index in [-0.39, 0.29) is 10.8 Å². The standard InChI is InChI=1S/C64H62N4O/c1-39-29-48(30-40(2)57(39)59-65-60(62-33-41-15-12-17-43(35-62)45(31-41)37-62)67-61(66-59)63-34-42-16-13-18-44(36-63)46(32-42)38-63)68-54-26-9-7-23-51(54)64(47-19-4-3-5-20-47,52-24-8-10-27-55(52)68)53-25-14-22-50-49-21-6-11-28-56(49)69-58(50)53/h3-11,14,19-30,41-46H,12-13,15-18,31-38H2,1-2H3. The van der Waals surface area contributed by atoms with Gasteiger partial charge in [-0.2, -0.15) is 0 Å². The van der Waals surface area contributed by atoms with Gasteiger partial charge in [0.2, 0.25) is 0 Å². The number of para-hydroxylation sites is 4. The molecule has 0 N–H and O–H groups in total. The van der Waals surface area contributed by atoms with Crippen molar-refractivity contribution in [3.8, 4) is 11.4 Å².